The number of carboxylic acid groups (broad SMARTS) is 1. The van der Waals surface area contributed by atoms with Crippen molar-refractivity contribution in [1.82, 2.24) is 0 Å². The molecule has 0 atom stereocenters. The predicted octanol–water partition coefficient (Wildman–Crippen LogP) is 2.49. The third-order valence-electron chi connectivity index (χ3n) is 3.84. The molecule has 19 heavy (non-hydrogen) atoms. The van der Waals surface area contributed by atoms with Gasteiger partial charge in [0, 0.05) is 12.7 Å². The Kier molecular flexibility index (Phi) is 3.75. The summed E-state index contributed by atoms with van der Waals surface area (Å²) in [5.74, 6) is -1.11. The minimum Gasteiger partial charge on any atom is -0.496 e. The van der Waals surface area contributed by atoms with Crippen molar-refractivity contribution in [2.45, 2.75) is 31.3 Å². The van der Waals surface area contributed by atoms with Gasteiger partial charge < -0.3 is 14.6 Å². The number of hydrogen-bond acceptors (Lipinski definition) is 3. The van der Waals surface area contributed by atoms with Gasteiger partial charge in [-0.1, -0.05) is 12.5 Å². The summed E-state index contributed by atoms with van der Waals surface area (Å²) in [7, 11) is 2.91. The maximum absolute atomic E-state index is 14.6. The van der Waals surface area contributed by atoms with Crippen molar-refractivity contribution >= 4 is 5.97 Å². The third-order valence-corrected chi connectivity index (χ3v) is 3.84. The van der Waals surface area contributed by atoms with Gasteiger partial charge in [0.15, 0.2) is 0 Å². The van der Waals surface area contributed by atoms with Gasteiger partial charge in [0.1, 0.15) is 11.6 Å². The molecule has 0 aliphatic heterocycles. The lowest BCUT2D eigenvalue weighted by Crippen LogP contribution is -2.43. The first kappa shape index (κ1) is 13.8. The van der Waals surface area contributed by atoms with Crippen LogP contribution in [0.3, 0.4) is 0 Å². The fourth-order valence-electron chi connectivity index (χ4n) is 2.57. The zero-order valence-electron chi connectivity index (χ0n) is 11.0. The number of aliphatic carboxylic acids is 1. The summed E-state index contributed by atoms with van der Waals surface area (Å²) in [4.78, 5) is 11.5. The lowest BCUT2D eigenvalue weighted by molar-refractivity contribution is -0.147. The van der Waals surface area contributed by atoms with E-state index < -0.39 is 17.2 Å². The van der Waals surface area contributed by atoms with Crippen molar-refractivity contribution in [2.24, 2.45) is 0 Å². The van der Waals surface area contributed by atoms with Gasteiger partial charge in [0.05, 0.1) is 24.7 Å². The molecule has 1 aliphatic carbocycles. The van der Waals surface area contributed by atoms with Crippen LogP contribution in [0.4, 0.5) is 4.39 Å². The largest absolute Gasteiger partial charge is 0.496 e. The highest BCUT2D eigenvalue weighted by atomic mass is 19.1. The van der Waals surface area contributed by atoms with Crippen LogP contribution in [0.2, 0.25) is 0 Å². The number of ether oxygens (including phenoxy) is 2. The van der Waals surface area contributed by atoms with Crippen LogP contribution < -0.4 is 4.74 Å². The normalized spacial score (nSPS) is 16.8. The predicted molar refractivity (Wildman–Crippen MR) is 66.8 cm³/mol. The molecular weight excluding hydrogens is 251 g/mol. The van der Waals surface area contributed by atoms with Crippen molar-refractivity contribution in [3.8, 4) is 5.75 Å². The van der Waals surface area contributed by atoms with Crippen LogP contribution in [0.15, 0.2) is 12.1 Å². The maximum atomic E-state index is 14.6. The number of carbonyl (C=O) groups is 1. The second-order valence-corrected chi connectivity index (χ2v) is 4.78. The van der Waals surface area contributed by atoms with Crippen LogP contribution in [0.1, 0.15) is 30.4 Å². The molecule has 0 unspecified atom stereocenters. The standard InChI is InChI=1S/C14H17FO4/c1-18-8-9-11(19-2)5-4-10(12(9)15)14(13(16)17)6-3-7-14/h4-5H,3,6-8H2,1-2H3,(H,16,17). The molecular formula is C14H17FO4. The number of rotatable bonds is 5. The summed E-state index contributed by atoms with van der Waals surface area (Å²) in [5.41, 5.74) is -0.576. The van der Waals surface area contributed by atoms with E-state index in [0.717, 1.165) is 6.42 Å². The number of methoxy groups -OCH3 is 2. The van der Waals surface area contributed by atoms with Gasteiger partial charge in [-0.3, -0.25) is 4.79 Å². The summed E-state index contributed by atoms with van der Waals surface area (Å²) in [6.07, 6.45) is 1.74. The summed E-state index contributed by atoms with van der Waals surface area (Å²) < 4.78 is 24.6. The maximum Gasteiger partial charge on any atom is 0.314 e. The highest BCUT2D eigenvalue weighted by Crippen LogP contribution is 2.46. The highest BCUT2D eigenvalue weighted by Gasteiger charge is 2.48. The molecule has 0 heterocycles. The molecule has 0 saturated heterocycles. The van der Waals surface area contributed by atoms with E-state index in [9.17, 15) is 14.3 Å². The minimum atomic E-state index is -1.08. The molecule has 0 radical (unpaired) electrons. The zero-order chi connectivity index (χ0) is 14.0. The van der Waals surface area contributed by atoms with E-state index in [1.165, 1.54) is 20.3 Å². The fraction of sp³-hybridized carbons (Fsp3) is 0.500. The van der Waals surface area contributed by atoms with Crippen LogP contribution in [0.25, 0.3) is 0 Å². The highest BCUT2D eigenvalue weighted by molar-refractivity contribution is 5.83. The molecule has 0 aromatic heterocycles. The Morgan fingerprint density at radius 3 is 2.53 bits per heavy atom. The first-order valence-electron chi connectivity index (χ1n) is 6.15. The average Bonchev–Trinajstić information content (AvgIpc) is 2.32. The molecule has 1 aromatic rings. The van der Waals surface area contributed by atoms with Crippen LogP contribution >= 0.6 is 0 Å². The molecule has 1 N–H and O–H groups in total. The lowest BCUT2D eigenvalue weighted by Gasteiger charge is -2.38. The van der Waals surface area contributed by atoms with E-state index in [-0.39, 0.29) is 17.7 Å². The Labute approximate surface area is 111 Å². The van der Waals surface area contributed by atoms with Gasteiger partial charge >= 0.3 is 5.97 Å². The molecule has 0 bridgehead atoms. The summed E-state index contributed by atoms with van der Waals surface area (Å²) in [5, 5.41) is 9.38. The number of hydrogen-bond donors (Lipinski definition) is 1. The van der Waals surface area contributed by atoms with E-state index in [2.05, 4.69) is 0 Å². The molecule has 1 aliphatic rings. The van der Waals surface area contributed by atoms with Crippen LogP contribution in [-0.4, -0.2) is 25.3 Å². The van der Waals surface area contributed by atoms with Crippen molar-refractivity contribution in [3.05, 3.63) is 29.1 Å². The Morgan fingerprint density at radius 1 is 1.42 bits per heavy atom. The summed E-state index contributed by atoms with van der Waals surface area (Å²) in [6.45, 7) is 0.0541. The van der Waals surface area contributed by atoms with E-state index in [1.807, 2.05) is 0 Å². The average molecular weight is 268 g/mol. The second-order valence-electron chi connectivity index (χ2n) is 4.78. The zero-order valence-corrected chi connectivity index (χ0v) is 11.0. The molecule has 5 heteroatoms. The molecule has 1 aromatic carbocycles. The van der Waals surface area contributed by atoms with Gasteiger partial charge in [0.2, 0.25) is 0 Å². The number of benzene rings is 1. The third kappa shape index (κ3) is 2.08. The smallest absolute Gasteiger partial charge is 0.314 e. The van der Waals surface area contributed by atoms with Crippen molar-refractivity contribution in [1.29, 1.82) is 0 Å². The first-order valence-corrected chi connectivity index (χ1v) is 6.15. The van der Waals surface area contributed by atoms with E-state index in [1.54, 1.807) is 6.07 Å². The first-order chi connectivity index (χ1) is 9.06. The SMILES string of the molecule is COCc1c(OC)ccc(C2(C(=O)O)CCC2)c1F. The van der Waals surface area contributed by atoms with Gasteiger partial charge in [0.25, 0.3) is 0 Å². The molecule has 0 spiro atoms. The number of carboxylic acids is 1. The Hall–Kier alpha value is -1.62. The lowest BCUT2D eigenvalue weighted by atomic mass is 9.64. The molecule has 0 amide bonds. The Morgan fingerprint density at radius 2 is 2.11 bits per heavy atom. The van der Waals surface area contributed by atoms with Crippen LogP contribution in [-0.2, 0) is 21.6 Å². The second kappa shape index (κ2) is 5.17. The summed E-state index contributed by atoms with van der Waals surface area (Å²) in [6, 6.07) is 3.12. The quantitative estimate of drug-likeness (QED) is 0.891. The molecule has 1 fully saturated rings. The van der Waals surface area contributed by atoms with Gasteiger partial charge in [-0.2, -0.15) is 0 Å². The van der Waals surface area contributed by atoms with Crippen LogP contribution in [0.5, 0.6) is 5.75 Å². The molecule has 4 nitrogen and oxygen atoms in total. The monoisotopic (exact) mass is 268 g/mol. The fourth-order valence-corrected chi connectivity index (χ4v) is 2.57. The molecule has 2 rings (SSSR count). The molecule has 1 saturated carbocycles. The Bertz CT molecular complexity index is 494. The minimum absolute atomic E-state index is 0.0541. The van der Waals surface area contributed by atoms with Crippen molar-refractivity contribution in [2.75, 3.05) is 14.2 Å². The van der Waals surface area contributed by atoms with E-state index >= 15 is 0 Å². The van der Waals surface area contributed by atoms with Crippen LogP contribution in [0, 0.1) is 5.82 Å². The summed E-state index contributed by atoms with van der Waals surface area (Å²) >= 11 is 0. The van der Waals surface area contributed by atoms with Gasteiger partial charge in [-0.25, -0.2) is 4.39 Å². The number of halogens is 1. The van der Waals surface area contributed by atoms with E-state index in [0.29, 0.717) is 18.6 Å². The van der Waals surface area contributed by atoms with Crippen molar-refractivity contribution < 1.29 is 23.8 Å². The molecule has 104 valence electrons. The van der Waals surface area contributed by atoms with Crippen molar-refractivity contribution in [3.63, 3.8) is 0 Å². The Balaban J connectivity index is 2.53. The van der Waals surface area contributed by atoms with Gasteiger partial charge in [-0.15, -0.1) is 0 Å². The van der Waals surface area contributed by atoms with E-state index in [4.69, 9.17) is 9.47 Å². The van der Waals surface area contributed by atoms with Gasteiger partial charge in [-0.05, 0) is 18.9 Å². The topological polar surface area (TPSA) is 55.8 Å².